The predicted octanol–water partition coefficient (Wildman–Crippen LogP) is 2.60. The summed E-state index contributed by atoms with van der Waals surface area (Å²) < 4.78 is 4.50. The second kappa shape index (κ2) is 5.40. The third kappa shape index (κ3) is 2.38. The molecular weight excluding hydrogens is 270 g/mol. The van der Waals surface area contributed by atoms with Crippen LogP contribution in [0.3, 0.4) is 0 Å². The van der Waals surface area contributed by atoms with Crippen molar-refractivity contribution in [3.63, 3.8) is 0 Å². The first kappa shape index (κ1) is 13.4. The van der Waals surface area contributed by atoms with Gasteiger partial charge in [-0.3, -0.25) is 4.79 Å². The maximum absolute atomic E-state index is 12.2. The first-order valence-corrected chi connectivity index (χ1v) is 7.74. The van der Waals surface area contributed by atoms with E-state index in [-0.39, 0.29) is 11.8 Å². The molecule has 2 heterocycles. The molecule has 1 unspecified atom stereocenters. The molecule has 0 spiro atoms. The Labute approximate surface area is 123 Å². The van der Waals surface area contributed by atoms with E-state index in [0.717, 1.165) is 31.4 Å². The number of piperidine rings is 1. The quantitative estimate of drug-likeness (QED) is 0.852. The van der Waals surface area contributed by atoms with Crippen LogP contribution in [-0.2, 0) is 4.79 Å². The number of carbonyl (C=O) groups is 1. The smallest absolute Gasteiger partial charge is 0.226 e. The molecule has 1 atom stereocenters. The van der Waals surface area contributed by atoms with E-state index in [4.69, 9.17) is 0 Å². The van der Waals surface area contributed by atoms with Crippen molar-refractivity contribution in [1.29, 1.82) is 0 Å². The van der Waals surface area contributed by atoms with Gasteiger partial charge in [0.2, 0.25) is 5.91 Å². The van der Waals surface area contributed by atoms with E-state index < -0.39 is 0 Å². The lowest BCUT2D eigenvalue weighted by Crippen LogP contribution is -2.42. The summed E-state index contributed by atoms with van der Waals surface area (Å²) in [6.45, 7) is 1.83. The largest absolute Gasteiger partial charge is 0.361 e. The molecule has 0 N–H and O–H groups in total. The van der Waals surface area contributed by atoms with Gasteiger partial charge in [0.1, 0.15) is 5.00 Å². The Morgan fingerprint density at radius 3 is 3.00 bits per heavy atom. The Hall–Kier alpha value is -1.62. The number of fused-ring (bicyclic) bond motifs is 1. The number of hydrogen-bond acceptors (Lipinski definition) is 4. The molecule has 20 heavy (non-hydrogen) atoms. The molecule has 5 heteroatoms. The molecule has 1 aliphatic rings. The molecule has 0 bridgehead atoms. The Morgan fingerprint density at radius 1 is 1.40 bits per heavy atom. The summed E-state index contributed by atoms with van der Waals surface area (Å²) in [5.74, 6) is 0.350. The van der Waals surface area contributed by atoms with Crippen LogP contribution in [0.1, 0.15) is 12.8 Å². The van der Waals surface area contributed by atoms with Crippen LogP contribution in [0.5, 0.6) is 0 Å². The van der Waals surface area contributed by atoms with Crippen molar-refractivity contribution in [2.24, 2.45) is 5.92 Å². The molecule has 3 rings (SSSR count). The molecule has 106 valence electrons. The van der Waals surface area contributed by atoms with Crippen LogP contribution in [0, 0.1) is 5.92 Å². The number of amides is 1. The fourth-order valence-corrected chi connectivity index (χ4v) is 3.73. The summed E-state index contributed by atoms with van der Waals surface area (Å²) in [4.78, 5) is 16.2. The van der Waals surface area contributed by atoms with Crippen LogP contribution in [0.4, 0.5) is 5.00 Å². The van der Waals surface area contributed by atoms with Gasteiger partial charge in [0.05, 0.1) is 11.4 Å². The van der Waals surface area contributed by atoms with Crippen LogP contribution in [-0.4, -0.2) is 42.4 Å². The monoisotopic (exact) mass is 289 g/mol. The van der Waals surface area contributed by atoms with Crippen LogP contribution in [0.15, 0.2) is 24.3 Å². The SMILES string of the molecule is CN(C)C(=O)C1CCCN(c2snc3ccccc23)C1. The van der Waals surface area contributed by atoms with E-state index in [1.807, 2.05) is 32.3 Å². The highest BCUT2D eigenvalue weighted by atomic mass is 32.1. The van der Waals surface area contributed by atoms with Crippen LogP contribution < -0.4 is 4.90 Å². The number of anilines is 1. The fraction of sp³-hybridized carbons (Fsp3) is 0.467. The van der Waals surface area contributed by atoms with Gasteiger partial charge in [-0.05, 0) is 36.5 Å². The van der Waals surface area contributed by atoms with Crippen LogP contribution >= 0.6 is 11.5 Å². The Balaban J connectivity index is 1.85. The minimum atomic E-state index is 0.111. The molecule has 1 aliphatic heterocycles. The maximum atomic E-state index is 12.2. The normalized spacial score (nSPS) is 19.3. The third-order valence-electron chi connectivity index (χ3n) is 3.86. The second-order valence-corrected chi connectivity index (χ2v) is 6.27. The summed E-state index contributed by atoms with van der Waals surface area (Å²) in [5.41, 5.74) is 1.05. The Kier molecular flexibility index (Phi) is 3.61. The molecule has 0 aliphatic carbocycles. The predicted molar refractivity (Wildman–Crippen MR) is 83.3 cm³/mol. The van der Waals surface area contributed by atoms with Crippen molar-refractivity contribution in [2.75, 3.05) is 32.1 Å². The van der Waals surface area contributed by atoms with Crippen LogP contribution in [0.2, 0.25) is 0 Å². The summed E-state index contributed by atoms with van der Waals surface area (Å²) in [6.07, 6.45) is 2.06. The van der Waals surface area contributed by atoms with Crippen molar-refractivity contribution < 1.29 is 4.79 Å². The number of hydrogen-bond donors (Lipinski definition) is 0. The molecule has 4 nitrogen and oxygen atoms in total. The van der Waals surface area contributed by atoms with Crippen LogP contribution in [0.25, 0.3) is 10.9 Å². The molecule has 1 aromatic carbocycles. The van der Waals surface area contributed by atoms with Crippen molar-refractivity contribution in [1.82, 2.24) is 9.27 Å². The van der Waals surface area contributed by atoms with Crippen molar-refractivity contribution >= 4 is 33.3 Å². The minimum absolute atomic E-state index is 0.111. The van der Waals surface area contributed by atoms with Gasteiger partial charge in [-0.25, -0.2) is 0 Å². The molecular formula is C15H19N3OS. The average molecular weight is 289 g/mol. The van der Waals surface area contributed by atoms with Gasteiger partial charge in [0.25, 0.3) is 0 Å². The van der Waals surface area contributed by atoms with Crippen molar-refractivity contribution in [2.45, 2.75) is 12.8 Å². The first-order valence-electron chi connectivity index (χ1n) is 6.97. The average Bonchev–Trinajstić information content (AvgIpc) is 2.90. The van der Waals surface area contributed by atoms with E-state index >= 15 is 0 Å². The molecule has 0 radical (unpaired) electrons. The lowest BCUT2D eigenvalue weighted by atomic mass is 9.97. The molecule has 1 aromatic heterocycles. The van der Waals surface area contributed by atoms with Crippen molar-refractivity contribution in [3.05, 3.63) is 24.3 Å². The summed E-state index contributed by atoms with van der Waals surface area (Å²) in [6, 6.07) is 8.22. The fourth-order valence-electron chi connectivity index (χ4n) is 2.83. The highest BCUT2D eigenvalue weighted by Gasteiger charge is 2.28. The lowest BCUT2D eigenvalue weighted by Gasteiger charge is -2.33. The molecule has 2 aromatic rings. The lowest BCUT2D eigenvalue weighted by molar-refractivity contribution is -0.133. The molecule has 0 saturated carbocycles. The molecule has 1 amide bonds. The minimum Gasteiger partial charge on any atom is -0.361 e. The van der Waals surface area contributed by atoms with Gasteiger partial charge in [-0.15, -0.1) is 0 Å². The van der Waals surface area contributed by atoms with E-state index in [1.54, 1.807) is 16.4 Å². The van der Waals surface area contributed by atoms with E-state index in [9.17, 15) is 4.79 Å². The molecule has 1 fully saturated rings. The third-order valence-corrected chi connectivity index (χ3v) is 4.80. The van der Waals surface area contributed by atoms with Gasteiger partial charge >= 0.3 is 0 Å². The zero-order valence-electron chi connectivity index (χ0n) is 11.9. The Bertz CT molecular complexity index is 622. The Morgan fingerprint density at radius 2 is 2.20 bits per heavy atom. The summed E-state index contributed by atoms with van der Waals surface area (Å²) in [7, 11) is 3.67. The van der Waals surface area contributed by atoms with E-state index in [2.05, 4.69) is 15.3 Å². The van der Waals surface area contributed by atoms with E-state index in [0.29, 0.717) is 0 Å². The van der Waals surface area contributed by atoms with Gasteiger partial charge in [-0.1, -0.05) is 12.1 Å². The summed E-state index contributed by atoms with van der Waals surface area (Å²) >= 11 is 1.54. The highest BCUT2D eigenvalue weighted by molar-refractivity contribution is 7.11. The van der Waals surface area contributed by atoms with E-state index in [1.165, 1.54) is 10.4 Å². The maximum Gasteiger partial charge on any atom is 0.226 e. The number of nitrogens with zero attached hydrogens (tertiary/aromatic N) is 3. The van der Waals surface area contributed by atoms with Gasteiger partial charge in [-0.2, -0.15) is 4.37 Å². The molecule has 1 saturated heterocycles. The first-order chi connectivity index (χ1) is 9.66. The zero-order chi connectivity index (χ0) is 14.1. The van der Waals surface area contributed by atoms with Crippen molar-refractivity contribution in [3.8, 4) is 0 Å². The number of rotatable bonds is 2. The number of benzene rings is 1. The number of aromatic nitrogens is 1. The van der Waals surface area contributed by atoms with Gasteiger partial charge in [0, 0.05) is 32.6 Å². The van der Waals surface area contributed by atoms with Gasteiger partial charge in [0.15, 0.2) is 0 Å². The zero-order valence-corrected chi connectivity index (χ0v) is 12.7. The number of carbonyl (C=O) groups excluding carboxylic acids is 1. The summed E-state index contributed by atoms with van der Waals surface area (Å²) in [5, 5.41) is 2.41. The topological polar surface area (TPSA) is 36.4 Å². The van der Waals surface area contributed by atoms with Gasteiger partial charge < -0.3 is 9.80 Å². The second-order valence-electron chi connectivity index (χ2n) is 5.52. The highest BCUT2D eigenvalue weighted by Crippen LogP contribution is 2.34. The standard InChI is InChI=1S/C15H19N3OS/c1-17(2)14(19)11-6-5-9-18(10-11)15-12-7-3-4-8-13(12)16-20-15/h3-4,7-8,11H,5-6,9-10H2,1-2H3.